The average molecular weight is 232 g/mol. The summed E-state index contributed by atoms with van der Waals surface area (Å²) < 4.78 is 1.53. The van der Waals surface area contributed by atoms with Gasteiger partial charge in [0.1, 0.15) is 5.82 Å². The fourth-order valence-electron chi connectivity index (χ4n) is 0.767. The van der Waals surface area contributed by atoms with Crippen LogP contribution >= 0.6 is 0 Å². The van der Waals surface area contributed by atoms with Crippen molar-refractivity contribution >= 4 is 18.4 Å². The van der Waals surface area contributed by atoms with Gasteiger partial charge in [-0.25, -0.2) is 0 Å². The Kier molecular flexibility index (Phi) is 12.5. The van der Waals surface area contributed by atoms with E-state index in [9.17, 15) is 0 Å². The third-order valence-electron chi connectivity index (χ3n) is 1.23. The van der Waals surface area contributed by atoms with Crippen molar-refractivity contribution in [1.82, 2.24) is 14.8 Å². The fourth-order valence-corrected chi connectivity index (χ4v) is 0.767. The number of hydrogen-bond acceptors (Lipinski definition) is 3. The predicted molar refractivity (Wildman–Crippen MR) is 59.9 cm³/mol. The summed E-state index contributed by atoms with van der Waals surface area (Å²) >= 11 is 0. The zero-order chi connectivity index (χ0) is 11.0. The maximum absolute atomic E-state index is 4.07. The van der Waals surface area contributed by atoms with Gasteiger partial charge in [-0.3, -0.25) is 9.67 Å². The molecule has 78 valence electrons. The summed E-state index contributed by atoms with van der Waals surface area (Å²) in [6, 6.07) is 0. The number of hydrogen-bond donors (Lipinski definition) is 0. The van der Waals surface area contributed by atoms with Crippen molar-refractivity contribution in [3.8, 4) is 0 Å². The van der Waals surface area contributed by atoms with Crippen LogP contribution in [0, 0.1) is 6.92 Å². The first kappa shape index (κ1) is 17.6. The SMILES string of the molecule is C=Cn1nc(C)nc1N=[C-]CC.CC.[K+]. The zero-order valence-corrected chi connectivity index (χ0v) is 13.4. The zero-order valence-electron chi connectivity index (χ0n) is 10.3. The van der Waals surface area contributed by atoms with E-state index in [0.717, 1.165) is 6.42 Å². The van der Waals surface area contributed by atoms with Gasteiger partial charge in [-0.05, 0) is 6.92 Å². The monoisotopic (exact) mass is 232 g/mol. The molecule has 0 aliphatic carbocycles. The molecule has 0 aliphatic rings. The largest absolute Gasteiger partial charge is 1.00 e. The molecule has 0 radical (unpaired) electrons. The predicted octanol–water partition coefficient (Wildman–Crippen LogP) is -0.293. The van der Waals surface area contributed by atoms with Crippen LogP contribution < -0.4 is 51.4 Å². The Bertz CT molecular complexity index is 304. The van der Waals surface area contributed by atoms with Gasteiger partial charge in [0.2, 0.25) is 0 Å². The molecule has 0 aromatic carbocycles. The van der Waals surface area contributed by atoms with Crippen molar-refractivity contribution in [3.63, 3.8) is 0 Å². The molecular formula is C10H17KN4. The van der Waals surface area contributed by atoms with E-state index < -0.39 is 0 Å². The Morgan fingerprint density at radius 3 is 2.60 bits per heavy atom. The van der Waals surface area contributed by atoms with Crippen molar-refractivity contribution < 1.29 is 51.4 Å². The van der Waals surface area contributed by atoms with Crippen LogP contribution in [0.25, 0.3) is 6.20 Å². The second kappa shape index (κ2) is 10.7. The molecule has 0 N–H and O–H groups in total. The van der Waals surface area contributed by atoms with Crippen molar-refractivity contribution in [1.29, 1.82) is 0 Å². The molecule has 0 amide bonds. The van der Waals surface area contributed by atoms with Crippen LogP contribution in [-0.4, -0.2) is 21.0 Å². The average Bonchev–Trinajstić information content (AvgIpc) is 2.59. The second-order valence-corrected chi connectivity index (χ2v) is 2.21. The minimum absolute atomic E-state index is 0. The van der Waals surface area contributed by atoms with Crippen LogP contribution in [0.5, 0.6) is 0 Å². The summed E-state index contributed by atoms with van der Waals surface area (Å²) in [7, 11) is 0. The van der Waals surface area contributed by atoms with E-state index in [0.29, 0.717) is 11.8 Å². The van der Waals surface area contributed by atoms with E-state index in [1.165, 1.54) is 4.68 Å². The van der Waals surface area contributed by atoms with Gasteiger partial charge >= 0.3 is 51.4 Å². The van der Waals surface area contributed by atoms with Gasteiger partial charge in [0, 0.05) is 6.20 Å². The first-order valence-electron chi connectivity index (χ1n) is 4.77. The van der Waals surface area contributed by atoms with E-state index in [1.54, 1.807) is 6.20 Å². The van der Waals surface area contributed by atoms with E-state index in [2.05, 4.69) is 27.9 Å². The number of aryl methyl sites for hydroxylation is 1. The van der Waals surface area contributed by atoms with Gasteiger partial charge in [-0.1, -0.05) is 33.8 Å². The molecule has 0 saturated heterocycles. The van der Waals surface area contributed by atoms with Crippen molar-refractivity contribution in [3.05, 3.63) is 12.4 Å². The molecule has 0 atom stereocenters. The van der Waals surface area contributed by atoms with Gasteiger partial charge in [0.15, 0.2) is 0 Å². The molecule has 0 unspecified atom stereocenters. The fraction of sp³-hybridized carbons (Fsp3) is 0.500. The van der Waals surface area contributed by atoms with Crippen LogP contribution in [0.4, 0.5) is 5.95 Å². The van der Waals surface area contributed by atoms with Gasteiger partial charge in [0.05, 0.1) is 5.95 Å². The molecule has 15 heavy (non-hydrogen) atoms. The molecule has 1 aromatic heterocycles. The van der Waals surface area contributed by atoms with Crippen LogP contribution in [0.3, 0.4) is 0 Å². The summed E-state index contributed by atoms with van der Waals surface area (Å²) in [5.41, 5.74) is 0. The number of aliphatic imine (C=N–C) groups is 1. The Balaban J connectivity index is 0. The Labute approximate surface area is 134 Å². The van der Waals surface area contributed by atoms with E-state index in [-0.39, 0.29) is 51.4 Å². The molecule has 0 spiro atoms. The second-order valence-electron chi connectivity index (χ2n) is 2.21. The molecule has 1 heterocycles. The van der Waals surface area contributed by atoms with Gasteiger partial charge < -0.3 is 4.99 Å². The van der Waals surface area contributed by atoms with Gasteiger partial charge in [-0.15, -0.1) is 0 Å². The maximum atomic E-state index is 4.07. The molecule has 0 fully saturated rings. The van der Waals surface area contributed by atoms with Crippen molar-refractivity contribution in [2.75, 3.05) is 0 Å². The third-order valence-corrected chi connectivity index (χ3v) is 1.23. The number of nitrogens with zero attached hydrogens (tertiary/aromatic N) is 4. The van der Waals surface area contributed by atoms with Gasteiger partial charge in [-0.2, -0.15) is 11.3 Å². The minimum Gasteiger partial charge on any atom is -0.424 e. The van der Waals surface area contributed by atoms with E-state index in [1.807, 2.05) is 27.7 Å². The van der Waals surface area contributed by atoms with Crippen LogP contribution in [0.2, 0.25) is 0 Å². The van der Waals surface area contributed by atoms with E-state index >= 15 is 0 Å². The molecular weight excluding hydrogens is 215 g/mol. The van der Waals surface area contributed by atoms with Crippen molar-refractivity contribution in [2.24, 2.45) is 4.99 Å². The van der Waals surface area contributed by atoms with Crippen LogP contribution in [0.1, 0.15) is 33.0 Å². The Hall–Kier alpha value is 0.186. The van der Waals surface area contributed by atoms with Crippen LogP contribution in [-0.2, 0) is 0 Å². The van der Waals surface area contributed by atoms with Crippen LogP contribution in [0.15, 0.2) is 11.6 Å². The summed E-state index contributed by atoms with van der Waals surface area (Å²) in [4.78, 5) is 8.05. The summed E-state index contributed by atoms with van der Waals surface area (Å²) in [6.45, 7) is 11.4. The smallest absolute Gasteiger partial charge is 0.424 e. The topological polar surface area (TPSA) is 43.1 Å². The minimum atomic E-state index is 0. The normalized spacial score (nSPS) is 9.07. The summed E-state index contributed by atoms with van der Waals surface area (Å²) in [5.74, 6) is 1.22. The molecule has 1 aromatic rings. The number of rotatable bonds is 3. The summed E-state index contributed by atoms with van der Waals surface area (Å²) in [5, 5.41) is 4.04. The quantitative estimate of drug-likeness (QED) is 0.408. The first-order chi connectivity index (χ1) is 6.77. The summed E-state index contributed by atoms with van der Waals surface area (Å²) in [6.07, 6.45) is 5.14. The molecule has 4 nitrogen and oxygen atoms in total. The molecule has 0 bridgehead atoms. The van der Waals surface area contributed by atoms with E-state index in [4.69, 9.17) is 0 Å². The Morgan fingerprint density at radius 2 is 2.13 bits per heavy atom. The molecule has 5 heteroatoms. The first-order valence-corrected chi connectivity index (χ1v) is 4.77. The number of aromatic nitrogens is 3. The third kappa shape index (κ3) is 6.37. The molecule has 0 saturated carbocycles. The van der Waals surface area contributed by atoms with Gasteiger partial charge in [0.25, 0.3) is 0 Å². The standard InChI is InChI=1S/C8H11N4.C2H6.K/c1-4-6-9-8-10-7(3)11-12(8)5-2;1-2;/h5H,2,4H2,1,3H3;1-2H3;/q-1;;+1. The molecule has 0 aliphatic heterocycles. The molecule has 1 rings (SSSR count). The Morgan fingerprint density at radius 1 is 1.53 bits per heavy atom. The maximum Gasteiger partial charge on any atom is 1.00 e. The van der Waals surface area contributed by atoms with Crippen molar-refractivity contribution in [2.45, 2.75) is 34.1 Å².